The molecule has 0 saturated carbocycles. The second kappa shape index (κ2) is 9.07. The van der Waals surface area contributed by atoms with E-state index in [1.807, 2.05) is 38.9 Å². The molecule has 7 nitrogen and oxygen atoms in total. The summed E-state index contributed by atoms with van der Waals surface area (Å²) in [5, 5.41) is 12.3. The van der Waals surface area contributed by atoms with E-state index in [1.54, 1.807) is 0 Å². The fourth-order valence-electron chi connectivity index (χ4n) is 3.29. The van der Waals surface area contributed by atoms with E-state index in [4.69, 9.17) is 11.6 Å². The monoisotopic (exact) mass is 446 g/mol. The highest BCUT2D eigenvalue weighted by atomic mass is 35.5. The number of nitro benzene ring substituents is 1. The number of fused-ring (bicyclic) bond motifs is 1. The highest BCUT2D eigenvalue weighted by molar-refractivity contribution is 7.22. The topological polar surface area (TPSA) is 79.6 Å². The third-order valence-electron chi connectivity index (χ3n) is 4.66. The predicted octanol–water partition coefficient (Wildman–Crippen LogP) is 5.07. The minimum atomic E-state index is -0.562. The number of nitro groups is 1. The Balaban J connectivity index is 2.07. The van der Waals surface area contributed by atoms with E-state index < -0.39 is 10.8 Å². The van der Waals surface area contributed by atoms with Crippen LogP contribution in [0.2, 0.25) is 5.02 Å². The summed E-state index contributed by atoms with van der Waals surface area (Å²) < 4.78 is 1.00. The Hall–Kier alpha value is -2.55. The molecule has 1 heterocycles. The van der Waals surface area contributed by atoms with Crippen molar-refractivity contribution in [1.82, 2.24) is 9.88 Å². The van der Waals surface area contributed by atoms with Crippen LogP contribution in [-0.4, -0.2) is 47.9 Å². The minimum absolute atomic E-state index is 0.0375. The third kappa shape index (κ3) is 4.77. The zero-order valence-corrected chi connectivity index (χ0v) is 18.9. The molecule has 0 fully saturated rings. The summed E-state index contributed by atoms with van der Waals surface area (Å²) in [4.78, 5) is 32.6. The molecule has 1 amide bonds. The number of halogens is 1. The van der Waals surface area contributed by atoms with Crippen LogP contribution in [0.1, 0.15) is 27.9 Å². The Morgan fingerprint density at radius 1 is 1.20 bits per heavy atom. The zero-order chi connectivity index (χ0) is 22.0. The largest absolute Gasteiger partial charge is 0.309 e. The summed E-state index contributed by atoms with van der Waals surface area (Å²) in [5.74, 6) is -0.476. The maximum absolute atomic E-state index is 13.4. The van der Waals surface area contributed by atoms with E-state index in [0.29, 0.717) is 18.1 Å². The van der Waals surface area contributed by atoms with Crippen LogP contribution < -0.4 is 4.90 Å². The molecule has 1 aromatic heterocycles. The third-order valence-corrected chi connectivity index (χ3v) is 6.12. The standard InChI is InChI=1S/C21H23ClN4O3S/c1-13-10-14(2)19-17(11-13)23-21(30-19)25(9-5-8-24(3)4)20(27)16-12-15(22)6-7-18(16)26(28)29/h6-7,10-12H,5,8-9H2,1-4H3. The van der Waals surface area contributed by atoms with E-state index in [9.17, 15) is 14.9 Å². The molecule has 0 aliphatic heterocycles. The molecule has 0 bridgehead atoms. The van der Waals surface area contributed by atoms with Crippen LogP contribution in [0.25, 0.3) is 10.2 Å². The van der Waals surface area contributed by atoms with Gasteiger partial charge in [-0.2, -0.15) is 0 Å². The Bertz CT molecular complexity index is 1110. The Morgan fingerprint density at radius 3 is 2.60 bits per heavy atom. The first-order chi connectivity index (χ1) is 14.2. The van der Waals surface area contributed by atoms with Crippen molar-refractivity contribution in [2.75, 3.05) is 32.1 Å². The fraction of sp³-hybridized carbons (Fsp3) is 0.333. The van der Waals surface area contributed by atoms with Gasteiger partial charge in [0.1, 0.15) is 5.56 Å². The molecule has 0 radical (unpaired) electrons. The van der Waals surface area contributed by atoms with Gasteiger partial charge in [-0.1, -0.05) is 29.0 Å². The predicted molar refractivity (Wildman–Crippen MR) is 122 cm³/mol. The van der Waals surface area contributed by atoms with Crippen LogP contribution in [0.5, 0.6) is 0 Å². The molecule has 158 valence electrons. The van der Waals surface area contributed by atoms with Gasteiger partial charge in [0.25, 0.3) is 11.6 Å². The van der Waals surface area contributed by atoms with E-state index >= 15 is 0 Å². The van der Waals surface area contributed by atoms with Crippen molar-refractivity contribution < 1.29 is 9.72 Å². The van der Waals surface area contributed by atoms with Crippen LogP contribution in [0.15, 0.2) is 30.3 Å². The SMILES string of the molecule is Cc1cc(C)c2sc(N(CCCN(C)C)C(=O)c3cc(Cl)ccc3[N+](=O)[O-])nc2c1. The lowest BCUT2D eigenvalue weighted by Crippen LogP contribution is -2.33. The second-order valence-corrected chi connectivity index (χ2v) is 8.87. The molecular formula is C21H23ClN4O3S. The summed E-state index contributed by atoms with van der Waals surface area (Å²) in [6.45, 7) is 5.17. The van der Waals surface area contributed by atoms with Gasteiger partial charge in [0.15, 0.2) is 5.13 Å². The van der Waals surface area contributed by atoms with Gasteiger partial charge in [-0.05, 0) is 70.2 Å². The lowest BCUT2D eigenvalue weighted by molar-refractivity contribution is -0.385. The molecule has 0 N–H and O–H groups in total. The minimum Gasteiger partial charge on any atom is -0.309 e. The van der Waals surface area contributed by atoms with Crippen LogP contribution in [0, 0.1) is 24.0 Å². The smallest absolute Gasteiger partial charge is 0.282 e. The Labute approximate surface area is 184 Å². The number of rotatable bonds is 7. The normalized spacial score (nSPS) is 11.3. The Kier molecular flexibility index (Phi) is 6.70. The van der Waals surface area contributed by atoms with Crippen molar-refractivity contribution in [1.29, 1.82) is 0 Å². The maximum atomic E-state index is 13.4. The lowest BCUT2D eigenvalue weighted by atomic mass is 10.1. The molecular weight excluding hydrogens is 424 g/mol. The van der Waals surface area contributed by atoms with Crippen LogP contribution >= 0.6 is 22.9 Å². The zero-order valence-electron chi connectivity index (χ0n) is 17.3. The fourth-order valence-corrected chi connectivity index (χ4v) is 4.51. The molecule has 0 spiro atoms. The van der Waals surface area contributed by atoms with E-state index in [1.165, 1.54) is 34.4 Å². The van der Waals surface area contributed by atoms with Gasteiger partial charge in [-0.25, -0.2) is 4.98 Å². The lowest BCUT2D eigenvalue weighted by Gasteiger charge is -2.21. The number of thiazole rings is 1. The van der Waals surface area contributed by atoms with Gasteiger partial charge in [0.2, 0.25) is 0 Å². The first kappa shape index (κ1) is 22.1. The molecule has 0 saturated heterocycles. The summed E-state index contributed by atoms with van der Waals surface area (Å²) in [7, 11) is 3.91. The van der Waals surface area contributed by atoms with Crippen molar-refractivity contribution in [2.45, 2.75) is 20.3 Å². The average molecular weight is 447 g/mol. The molecule has 0 atom stereocenters. The molecule has 0 aliphatic rings. The summed E-state index contributed by atoms with van der Waals surface area (Å²) in [6, 6.07) is 8.08. The number of benzene rings is 2. The van der Waals surface area contributed by atoms with Gasteiger partial charge >= 0.3 is 0 Å². The molecule has 30 heavy (non-hydrogen) atoms. The molecule has 3 aromatic rings. The summed E-state index contributed by atoms with van der Waals surface area (Å²) >= 11 is 7.47. The number of hydrogen-bond acceptors (Lipinski definition) is 6. The molecule has 9 heteroatoms. The van der Waals surface area contributed by atoms with Gasteiger partial charge in [-0.3, -0.25) is 19.8 Å². The van der Waals surface area contributed by atoms with E-state index in [-0.39, 0.29) is 16.3 Å². The number of nitrogens with zero attached hydrogens (tertiary/aromatic N) is 4. The van der Waals surface area contributed by atoms with Crippen LogP contribution in [-0.2, 0) is 0 Å². The van der Waals surface area contributed by atoms with Crippen molar-refractivity contribution in [3.8, 4) is 0 Å². The molecule has 0 unspecified atom stereocenters. The first-order valence-electron chi connectivity index (χ1n) is 9.45. The Morgan fingerprint density at radius 2 is 1.93 bits per heavy atom. The van der Waals surface area contributed by atoms with Gasteiger partial charge in [-0.15, -0.1) is 0 Å². The van der Waals surface area contributed by atoms with Crippen molar-refractivity contribution >= 4 is 49.9 Å². The van der Waals surface area contributed by atoms with E-state index in [0.717, 1.165) is 27.9 Å². The number of anilines is 1. The first-order valence-corrected chi connectivity index (χ1v) is 10.6. The number of hydrogen-bond donors (Lipinski definition) is 0. The van der Waals surface area contributed by atoms with Crippen molar-refractivity contribution in [2.24, 2.45) is 0 Å². The van der Waals surface area contributed by atoms with Gasteiger partial charge < -0.3 is 4.90 Å². The second-order valence-electron chi connectivity index (χ2n) is 7.46. The summed E-state index contributed by atoms with van der Waals surface area (Å²) in [6.07, 6.45) is 0.695. The molecule has 2 aromatic carbocycles. The number of carbonyl (C=O) groups is 1. The van der Waals surface area contributed by atoms with Crippen molar-refractivity contribution in [3.63, 3.8) is 0 Å². The van der Waals surface area contributed by atoms with Crippen LogP contribution in [0.4, 0.5) is 10.8 Å². The molecule has 0 aliphatic carbocycles. The van der Waals surface area contributed by atoms with Gasteiger partial charge in [0.05, 0.1) is 15.1 Å². The highest BCUT2D eigenvalue weighted by Crippen LogP contribution is 2.34. The number of aryl methyl sites for hydroxylation is 2. The molecule has 3 rings (SSSR count). The average Bonchev–Trinajstić information content (AvgIpc) is 3.08. The van der Waals surface area contributed by atoms with Crippen LogP contribution in [0.3, 0.4) is 0 Å². The maximum Gasteiger partial charge on any atom is 0.282 e. The quantitative estimate of drug-likeness (QED) is 0.373. The number of amides is 1. The van der Waals surface area contributed by atoms with Gasteiger partial charge in [0, 0.05) is 17.6 Å². The number of carbonyl (C=O) groups excluding carboxylic acids is 1. The van der Waals surface area contributed by atoms with E-state index in [2.05, 4.69) is 11.1 Å². The highest BCUT2D eigenvalue weighted by Gasteiger charge is 2.28. The number of aromatic nitrogens is 1. The van der Waals surface area contributed by atoms with Crippen molar-refractivity contribution in [3.05, 3.63) is 62.2 Å². The summed E-state index contributed by atoms with van der Waals surface area (Å²) in [5.41, 5.74) is 2.69.